The van der Waals surface area contributed by atoms with Crippen LogP contribution in [0.2, 0.25) is 0 Å². The summed E-state index contributed by atoms with van der Waals surface area (Å²) in [6.45, 7) is 0.688. The molecule has 0 saturated carbocycles. The summed E-state index contributed by atoms with van der Waals surface area (Å²) in [4.78, 5) is 35.9. The second-order valence-corrected chi connectivity index (χ2v) is 9.27. The Morgan fingerprint density at radius 2 is 1.63 bits per heavy atom. The van der Waals surface area contributed by atoms with Crippen LogP contribution in [-0.4, -0.2) is 38.7 Å². The van der Waals surface area contributed by atoms with Crippen molar-refractivity contribution in [3.63, 3.8) is 0 Å². The molecule has 0 heterocycles. The molecule has 3 aromatic carbocycles. The molecule has 0 aliphatic heterocycles. The van der Waals surface area contributed by atoms with Gasteiger partial charge in [0, 0.05) is 11.3 Å². The summed E-state index contributed by atoms with van der Waals surface area (Å²) in [5, 5.41) is 2.51. The molecule has 1 atom stereocenters. The number of hydrogen-bond acceptors (Lipinski definition) is 6. The van der Waals surface area contributed by atoms with Gasteiger partial charge in [-0.2, -0.15) is 4.72 Å². The van der Waals surface area contributed by atoms with Crippen molar-refractivity contribution in [3.05, 3.63) is 95.8 Å². The van der Waals surface area contributed by atoms with E-state index in [4.69, 9.17) is 4.74 Å². The first-order valence-electron chi connectivity index (χ1n) is 10.5. The molecule has 0 spiro atoms. The highest BCUT2D eigenvalue weighted by molar-refractivity contribution is 7.89. The lowest BCUT2D eigenvalue weighted by atomic mass is 10.1. The molecule has 35 heavy (non-hydrogen) atoms. The zero-order chi connectivity index (χ0) is 25.4. The Labute approximate surface area is 202 Å². The second-order valence-electron chi connectivity index (χ2n) is 7.59. The van der Waals surface area contributed by atoms with Crippen LogP contribution < -0.4 is 10.0 Å². The molecule has 10 heteroatoms. The average Bonchev–Trinajstić information content (AvgIpc) is 2.83. The SMILES string of the molecule is CC(=O)c1cccc(NC(=O)COC(=O)[C@H](Cc2ccccc2)NS(=O)(=O)c2ccccc2F)c1. The average molecular weight is 499 g/mol. The van der Waals surface area contributed by atoms with E-state index in [1.165, 1.54) is 25.1 Å². The van der Waals surface area contributed by atoms with Gasteiger partial charge in [0.05, 0.1) is 0 Å². The van der Waals surface area contributed by atoms with E-state index in [0.29, 0.717) is 16.8 Å². The van der Waals surface area contributed by atoms with Crippen molar-refractivity contribution in [1.82, 2.24) is 4.72 Å². The first kappa shape index (κ1) is 25.7. The summed E-state index contributed by atoms with van der Waals surface area (Å²) in [6.07, 6.45) is -0.0877. The smallest absolute Gasteiger partial charge is 0.325 e. The second kappa shape index (κ2) is 11.5. The first-order valence-corrected chi connectivity index (χ1v) is 12.0. The van der Waals surface area contributed by atoms with Gasteiger partial charge in [0.1, 0.15) is 16.8 Å². The number of benzene rings is 3. The number of ether oxygens (including phenoxy) is 1. The molecule has 3 rings (SSSR count). The van der Waals surface area contributed by atoms with Crippen LogP contribution >= 0.6 is 0 Å². The number of sulfonamides is 1. The summed E-state index contributed by atoms with van der Waals surface area (Å²) >= 11 is 0. The molecule has 0 aromatic heterocycles. The predicted octanol–water partition coefficient (Wildman–Crippen LogP) is 3.10. The summed E-state index contributed by atoms with van der Waals surface area (Å²) in [7, 11) is -4.41. The number of Topliss-reactive ketones (excluding diaryl/α,β-unsaturated/α-hetero) is 1. The molecule has 182 valence electrons. The monoisotopic (exact) mass is 498 g/mol. The Morgan fingerprint density at radius 3 is 2.31 bits per heavy atom. The minimum atomic E-state index is -4.41. The van der Waals surface area contributed by atoms with Crippen molar-refractivity contribution < 1.29 is 31.9 Å². The normalized spacial score (nSPS) is 11.9. The lowest BCUT2D eigenvalue weighted by molar-refractivity contribution is -0.149. The van der Waals surface area contributed by atoms with Gasteiger partial charge in [-0.05, 0) is 43.2 Å². The quantitative estimate of drug-likeness (QED) is 0.328. The molecule has 3 aromatic rings. The molecule has 0 unspecified atom stereocenters. The van der Waals surface area contributed by atoms with Gasteiger partial charge in [0.25, 0.3) is 5.91 Å². The third-order valence-electron chi connectivity index (χ3n) is 4.89. The van der Waals surface area contributed by atoms with E-state index in [0.717, 1.165) is 12.1 Å². The summed E-state index contributed by atoms with van der Waals surface area (Å²) in [5.41, 5.74) is 1.35. The van der Waals surface area contributed by atoms with Crippen LogP contribution in [0.3, 0.4) is 0 Å². The fraction of sp³-hybridized carbons (Fsp3) is 0.160. The number of esters is 1. The maximum absolute atomic E-state index is 14.1. The highest BCUT2D eigenvalue weighted by Crippen LogP contribution is 2.16. The van der Waals surface area contributed by atoms with Crippen molar-refractivity contribution in [3.8, 4) is 0 Å². The molecular formula is C25H23FN2O6S. The number of ketones is 1. The molecule has 0 aliphatic rings. The molecule has 0 aliphatic carbocycles. The number of nitrogens with one attached hydrogen (secondary N) is 2. The van der Waals surface area contributed by atoms with E-state index >= 15 is 0 Å². The van der Waals surface area contributed by atoms with E-state index in [1.807, 2.05) is 0 Å². The Morgan fingerprint density at radius 1 is 0.943 bits per heavy atom. The zero-order valence-electron chi connectivity index (χ0n) is 18.7. The van der Waals surface area contributed by atoms with Crippen molar-refractivity contribution in [2.75, 3.05) is 11.9 Å². The minimum absolute atomic E-state index is 0.0877. The maximum Gasteiger partial charge on any atom is 0.325 e. The van der Waals surface area contributed by atoms with Gasteiger partial charge in [0.15, 0.2) is 12.4 Å². The molecule has 0 saturated heterocycles. The van der Waals surface area contributed by atoms with E-state index in [9.17, 15) is 27.2 Å². The zero-order valence-corrected chi connectivity index (χ0v) is 19.5. The number of amides is 1. The Balaban J connectivity index is 1.72. The number of hydrogen-bond donors (Lipinski definition) is 2. The fourth-order valence-electron chi connectivity index (χ4n) is 3.19. The van der Waals surface area contributed by atoms with Crippen LogP contribution in [0.25, 0.3) is 0 Å². The van der Waals surface area contributed by atoms with Gasteiger partial charge in [-0.3, -0.25) is 14.4 Å². The van der Waals surface area contributed by atoms with E-state index in [1.54, 1.807) is 48.5 Å². The highest BCUT2D eigenvalue weighted by atomic mass is 32.2. The number of anilines is 1. The van der Waals surface area contributed by atoms with Crippen LogP contribution in [0.1, 0.15) is 22.8 Å². The van der Waals surface area contributed by atoms with E-state index in [2.05, 4.69) is 10.0 Å². The van der Waals surface area contributed by atoms with Gasteiger partial charge in [0.2, 0.25) is 10.0 Å². The highest BCUT2D eigenvalue weighted by Gasteiger charge is 2.29. The van der Waals surface area contributed by atoms with Crippen LogP contribution in [0, 0.1) is 5.82 Å². The molecular weight excluding hydrogens is 475 g/mol. The number of carbonyl (C=O) groups is 3. The van der Waals surface area contributed by atoms with Gasteiger partial charge < -0.3 is 10.1 Å². The van der Waals surface area contributed by atoms with Crippen molar-refractivity contribution in [1.29, 1.82) is 0 Å². The van der Waals surface area contributed by atoms with Gasteiger partial charge in [-0.15, -0.1) is 0 Å². The Kier molecular flexibility index (Phi) is 8.45. The largest absolute Gasteiger partial charge is 0.454 e. The summed E-state index contributed by atoms with van der Waals surface area (Å²) in [6, 6.07) is 18.1. The number of rotatable bonds is 10. The van der Waals surface area contributed by atoms with Crippen molar-refractivity contribution >= 4 is 33.4 Å². The lowest BCUT2D eigenvalue weighted by Crippen LogP contribution is -2.44. The van der Waals surface area contributed by atoms with Crippen molar-refractivity contribution in [2.45, 2.75) is 24.3 Å². The molecule has 0 radical (unpaired) electrons. The predicted molar refractivity (Wildman–Crippen MR) is 127 cm³/mol. The van der Waals surface area contributed by atoms with Crippen LogP contribution in [-0.2, 0) is 30.8 Å². The minimum Gasteiger partial charge on any atom is -0.454 e. The maximum atomic E-state index is 14.1. The fourth-order valence-corrected chi connectivity index (χ4v) is 4.45. The molecule has 0 fully saturated rings. The standard InChI is InChI=1S/C25H23FN2O6S/c1-17(29)19-10-7-11-20(15-19)27-24(30)16-34-25(31)22(14-18-8-3-2-4-9-18)28-35(32,33)23-13-6-5-12-21(23)26/h2-13,15,22,28H,14,16H2,1H3,(H,27,30)/t22-/m0/s1. The van der Waals surface area contributed by atoms with Gasteiger partial charge in [-0.25, -0.2) is 12.8 Å². The summed E-state index contributed by atoms with van der Waals surface area (Å²) in [5.74, 6) is -2.85. The number of carbonyl (C=O) groups excluding carboxylic acids is 3. The molecule has 0 bridgehead atoms. The molecule has 2 N–H and O–H groups in total. The van der Waals surface area contributed by atoms with E-state index < -0.39 is 45.3 Å². The molecule has 8 nitrogen and oxygen atoms in total. The van der Waals surface area contributed by atoms with Crippen LogP contribution in [0.15, 0.2) is 83.8 Å². The molecule has 1 amide bonds. The Bertz CT molecular complexity index is 1330. The number of halogens is 1. The lowest BCUT2D eigenvalue weighted by Gasteiger charge is -2.18. The van der Waals surface area contributed by atoms with Crippen LogP contribution in [0.4, 0.5) is 10.1 Å². The Hall–Kier alpha value is -3.89. The topological polar surface area (TPSA) is 119 Å². The van der Waals surface area contributed by atoms with Gasteiger partial charge >= 0.3 is 5.97 Å². The van der Waals surface area contributed by atoms with E-state index in [-0.39, 0.29) is 12.2 Å². The third-order valence-corrected chi connectivity index (χ3v) is 6.39. The third kappa shape index (κ3) is 7.29. The van der Waals surface area contributed by atoms with Gasteiger partial charge in [-0.1, -0.05) is 54.6 Å². The summed E-state index contributed by atoms with van der Waals surface area (Å²) < 4.78 is 46.9. The van der Waals surface area contributed by atoms with Crippen LogP contribution in [0.5, 0.6) is 0 Å². The first-order chi connectivity index (χ1) is 16.7. The van der Waals surface area contributed by atoms with Crippen molar-refractivity contribution in [2.24, 2.45) is 0 Å².